The van der Waals surface area contributed by atoms with Gasteiger partial charge in [0.25, 0.3) is 5.91 Å². The molecule has 1 aromatic heterocycles. The lowest BCUT2D eigenvalue weighted by Gasteiger charge is -2.36. The van der Waals surface area contributed by atoms with Crippen molar-refractivity contribution >= 4 is 22.6 Å². The van der Waals surface area contributed by atoms with Crippen molar-refractivity contribution in [1.82, 2.24) is 14.9 Å². The van der Waals surface area contributed by atoms with E-state index >= 15 is 0 Å². The van der Waals surface area contributed by atoms with Crippen LogP contribution >= 0.6 is 0 Å². The van der Waals surface area contributed by atoms with Crippen LogP contribution in [-0.4, -0.2) is 47.0 Å². The largest absolute Gasteiger partial charge is 0.367 e. The highest BCUT2D eigenvalue weighted by Crippen LogP contribution is 2.26. The van der Waals surface area contributed by atoms with E-state index < -0.39 is 5.91 Å². The van der Waals surface area contributed by atoms with Crippen LogP contribution in [0, 0.1) is 6.92 Å². The summed E-state index contributed by atoms with van der Waals surface area (Å²) in [6.45, 7) is 6.95. The lowest BCUT2D eigenvalue weighted by Crippen LogP contribution is -2.46. The van der Waals surface area contributed by atoms with Crippen LogP contribution in [0.15, 0.2) is 42.5 Å². The molecule has 0 aliphatic carbocycles. The van der Waals surface area contributed by atoms with Crippen LogP contribution in [-0.2, 0) is 6.54 Å². The number of nitrogens with two attached hydrogens (primary N) is 1. The molecule has 0 spiro atoms. The molecule has 1 amide bonds. The molecule has 0 radical (unpaired) electrons. The summed E-state index contributed by atoms with van der Waals surface area (Å²) in [6, 6.07) is 14.7. The standard InChI is InChI=1S/C20H23N5O/c1-14-5-7-15(8-6-14)13-24-9-11-25(12-10-24)17-4-2-3-16-18(17)23-20(22-16)19(21)26/h2-8H,9-13H2,1H3,(H2,21,26)(H,22,23). The van der Waals surface area contributed by atoms with Gasteiger partial charge < -0.3 is 15.6 Å². The highest BCUT2D eigenvalue weighted by Gasteiger charge is 2.20. The van der Waals surface area contributed by atoms with Crippen LogP contribution in [0.25, 0.3) is 11.0 Å². The monoisotopic (exact) mass is 349 g/mol. The van der Waals surface area contributed by atoms with E-state index in [9.17, 15) is 4.79 Å². The summed E-state index contributed by atoms with van der Waals surface area (Å²) < 4.78 is 0. The van der Waals surface area contributed by atoms with E-state index in [1.54, 1.807) is 0 Å². The molecule has 2 heterocycles. The molecule has 0 atom stereocenters. The number of H-pyrrole nitrogens is 1. The molecule has 26 heavy (non-hydrogen) atoms. The first-order valence-electron chi connectivity index (χ1n) is 8.91. The molecule has 1 saturated heterocycles. The number of fused-ring (bicyclic) bond motifs is 1. The first-order valence-corrected chi connectivity index (χ1v) is 8.91. The van der Waals surface area contributed by atoms with Crippen LogP contribution < -0.4 is 10.6 Å². The summed E-state index contributed by atoms with van der Waals surface area (Å²) in [5.74, 6) is -0.319. The number of nitrogens with one attached hydrogen (secondary N) is 1. The van der Waals surface area contributed by atoms with E-state index in [-0.39, 0.29) is 5.82 Å². The van der Waals surface area contributed by atoms with Gasteiger partial charge in [0, 0.05) is 32.7 Å². The van der Waals surface area contributed by atoms with Crippen LogP contribution in [0.1, 0.15) is 21.7 Å². The van der Waals surface area contributed by atoms with Gasteiger partial charge in [0.1, 0.15) is 5.52 Å². The van der Waals surface area contributed by atoms with Crippen LogP contribution in [0.4, 0.5) is 5.69 Å². The second-order valence-electron chi connectivity index (χ2n) is 6.87. The van der Waals surface area contributed by atoms with Crippen molar-refractivity contribution in [2.75, 3.05) is 31.1 Å². The summed E-state index contributed by atoms with van der Waals surface area (Å²) in [6.07, 6.45) is 0. The number of piperazine rings is 1. The Balaban J connectivity index is 1.47. The van der Waals surface area contributed by atoms with Gasteiger partial charge in [-0.15, -0.1) is 0 Å². The van der Waals surface area contributed by atoms with E-state index in [1.807, 2.05) is 12.1 Å². The van der Waals surface area contributed by atoms with Crippen molar-refractivity contribution in [1.29, 1.82) is 0 Å². The van der Waals surface area contributed by atoms with Crippen LogP contribution in [0.2, 0.25) is 0 Å². The Kier molecular flexibility index (Phi) is 4.34. The summed E-state index contributed by atoms with van der Waals surface area (Å²) in [5.41, 5.74) is 10.7. The molecule has 6 nitrogen and oxygen atoms in total. The molecule has 2 aromatic carbocycles. The summed E-state index contributed by atoms with van der Waals surface area (Å²) >= 11 is 0. The number of para-hydroxylation sites is 1. The molecule has 0 bridgehead atoms. The van der Waals surface area contributed by atoms with E-state index in [2.05, 4.69) is 57.0 Å². The summed E-state index contributed by atoms with van der Waals surface area (Å²) in [4.78, 5) is 23.6. The van der Waals surface area contributed by atoms with Gasteiger partial charge in [-0.3, -0.25) is 9.69 Å². The molecular formula is C20H23N5O. The van der Waals surface area contributed by atoms with Gasteiger partial charge in [-0.2, -0.15) is 0 Å². The molecular weight excluding hydrogens is 326 g/mol. The molecule has 4 rings (SSSR count). The Morgan fingerprint density at radius 3 is 2.54 bits per heavy atom. The zero-order valence-electron chi connectivity index (χ0n) is 14.9. The maximum absolute atomic E-state index is 11.4. The predicted molar refractivity (Wildman–Crippen MR) is 103 cm³/mol. The molecule has 6 heteroatoms. The van der Waals surface area contributed by atoms with Crippen LogP contribution in [0.5, 0.6) is 0 Å². The van der Waals surface area contributed by atoms with Gasteiger partial charge in [0.05, 0.1) is 11.2 Å². The van der Waals surface area contributed by atoms with Gasteiger partial charge in [-0.05, 0) is 24.6 Å². The second kappa shape index (κ2) is 6.80. The second-order valence-corrected chi connectivity index (χ2v) is 6.87. The number of benzene rings is 2. The minimum atomic E-state index is -0.532. The molecule has 1 aliphatic rings. The van der Waals surface area contributed by atoms with Gasteiger partial charge >= 0.3 is 0 Å². The number of hydrogen-bond donors (Lipinski definition) is 2. The fraction of sp³-hybridized carbons (Fsp3) is 0.300. The predicted octanol–water partition coefficient (Wildman–Crippen LogP) is 2.29. The number of aromatic nitrogens is 2. The first kappa shape index (κ1) is 16.6. The average molecular weight is 349 g/mol. The molecule has 3 N–H and O–H groups in total. The number of amides is 1. The van der Waals surface area contributed by atoms with Gasteiger partial charge in [-0.1, -0.05) is 35.9 Å². The van der Waals surface area contributed by atoms with Crippen molar-refractivity contribution in [3.8, 4) is 0 Å². The number of rotatable bonds is 4. The molecule has 3 aromatic rings. The van der Waals surface area contributed by atoms with Gasteiger partial charge in [0.2, 0.25) is 0 Å². The molecule has 0 unspecified atom stereocenters. The third-order valence-corrected chi connectivity index (χ3v) is 4.96. The number of anilines is 1. The SMILES string of the molecule is Cc1ccc(CN2CCN(c3cccc4[nH]c(C(N)=O)nc34)CC2)cc1. The van der Waals surface area contributed by atoms with Crippen molar-refractivity contribution in [3.63, 3.8) is 0 Å². The summed E-state index contributed by atoms with van der Waals surface area (Å²) in [7, 11) is 0. The number of carbonyl (C=O) groups excluding carboxylic acids is 1. The van der Waals surface area contributed by atoms with Gasteiger partial charge in [-0.25, -0.2) is 4.98 Å². The van der Waals surface area contributed by atoms with Gasteiger partial charge in [0.15, 0.2) is 5.82 Å². The number of aryl methyl sites for hydroxylation is 1. The highest BCUT2D eigenvalue weighted by molar-refractivity contribution is 5.96. The number of nitrogens with zero attached hydrogens (tertiary/aromatic N) is 3. The Morgan fingerprint density at radius 1 is 1.12 bits per heavy atom. The highest BCUT2D eigenvalue weighted by atomic mass is 16.1. The Labute approximate surface area is 152 Å². The third-order valence-electron chi connectivity index (χ3n) is 4.96. The average Bonchev–Trinajstić information content (AvgIpc) is 3.09. The molecule has 1 fully saturated rings. The van der Waals surface area contributed by atoms with Crippen molar-refractivity contribution in [2.45, 2.75) is 13.5 Å². The topological polar surface area (TPSA) is 78.2 Å². The first-order chi connectivity index (χ1) is 12.6. The molecule has 1 aliphatic heterocycles. The zero-order valence-corrected chi connectivity index (χ0v) is 14.9. The maximum atomic E-state index is 11.4. The maximum Gasteiger partial charge on any atom is 0.284 e. The number of aromatic amines is 1. The Bertz CT molecular complexity index is 923. The zero-order chi connectivity index (χ0) is 18.1. The summed E-state index contributed by atoms with van der Waals surface area (Å²) in [5, 5.41) is 0. The number of carbonyl (C=O) groups is 1. The van der Waals surface area contributed by atoms with Crippen molar-refractivity contribution in [3.05, 3.63) is 59.4 Å². The smallest absolute Gasteiger partial charge is 0.284 e. The lowest BCUT2D eigenvalue weighted by molar-refractivity contribution is 0.0991. The fourth-order valence-electron chi connectivity index (χ4n) is 3.49. The fourth-order valence-corrected chi connectivity index (χ4v) is 3.49. The van der Waals surface area contributed by atoms with Crippen LogP contribution in [0.3, 0.4) is 0 Å². The van der Waals surface area contributed by atoms with Crippen molar-refractivity contribution < 1.29 is 4.79 Å². The number of imidazole rings is 1. The van der Waals surface area contributed by atoms with E-state index in [1.165, 1.54) is 11.1 Å². The lowest BCUT2D eigenvalue weighted by atomic mass is 10.1. The van der Waals surface area contributed by atoms with Crippen molar-refractivity contribution in [2.24, 2.45) is 5.73 Å². The number of primary amides is 1. The Hall–Kier alpha value is -2.86. The minimum absolute atomic E-state index is 0.213. The third kappa shape index (κ3) is 3.28. The number of hydrogen-bond acceptors (Lipinski definition) is 4. The van der Waals surface area contributed by atoms with E-state index in [4.69, 9.17) is 5.73 Å². The molecule has 0 saturated carbocycles. The minimum Gasteiger partial charge on any atom is -0.367 e. The molecule has 134 valence electrons. The van der Waals surface area contributed by atoms with E-state index in [0.29, 0.717) is 0 Å². The van der Waals surface area contributed by atoms with E-state index in [0.717, 1.165) is 49.4 Å². The Morgan fingerprint density at radius 2 is 1.85 bits per heavy atom. The normalized spacial score (nSPS) is 15.5. The quantitative estimate of drug-likeness (QED) is 0.757.